The lowest BCUT2D eigenvalue weighted by Gasteiger charge is -2.18. The number of hydrogen-bond donors (Lipinski definition) is 2. The molecule has 2 N–H and O–H groups in total. The topological polar surface area (TPSA) is 32.3 Å². The van der Waals surface area contributed by atoms with Crippen molar-refractivity contribution in [3.8, 4) is 0 Å². The normalized spacial score (nSPS) is 36.1. The number of aliphatic hydroxyl groups is 1. The van der Waals surface area contributed by atoms with Crippen LogP contribution in [0.4, 0.5) is 0 Å². The summed E-state index contributed by atoms with van der Waals surface area (Å²) in [6, 6.07) is 9.40. The van der Waals surface area contributed by atoms with Gasteiger partial charge in [0.25, 0.3) is 0 Å². The molecule has 1 heterocycles. The molecule has 17 heavy (non-hydrogen) atoms. The molecule has 1 aromatic carbocycles. The Kier molecular flexibility index (Phi) is 2.93. The Morgan fingerprint density at radius 3 is 2.76 bits per heavy atom. The Morgan fingerprint density at radius 1 is 1.24 bits per heavy atom. The van der Waals surface area contributed by atoms with Gasteiger partial charge in [-0.05, 0) is 50.1 Å². The molecule has 1 aliphatic carbocycles. The van der Waals surface area contributed by atoms with E-state index in [9.17, 15) is 5.11 Å². The fourth-order valence-electron chi connectivity index (χ4n) is 3.51. The summed E-state index contributed by atoms with van der Waals surface area (Å²) in [7, 11) is 0. The van der Waals surface area contributed by atoms with Gasteiger partial charge in [0.05, 0.1) is 6.10 Å². The van der Waals surface area contributed by atoms with Crippen LogP contribution in [0, 0.1) is 18.8 Å². The molecule has 3 rings (SSSR count). The van der Waals surface area contributed by atoms with Crippen LogP contribution in [0.5, 0.6) is 0 Å². The van der Waals surface area contributed by atoms with E-state index in [-0.39, 0.29) is 6.10 Å². The van der Waals surface area contributed by atoms with Gasteiger partial charge < -0.3 is 10.4 Å². The van der Waals surface area contributed by atoms with Crippen molar-refractivity contribution in [2.24, 2.45) is 11.8 Å². The molecular weight excluding hydrogens is 210 g/mol. The predicted molar refractivity (Wildman–Crippen MR) is 68.9 cm³/mol. The van der Waals surface area contributed by atoms with E-state index in [4.69, 9.17) is 0 Å². The maximum Gasteiger partial charge on any atom is 0.0546 e. The molecule has 2 fully saturated rings. The number of rotatable bonds is 2. The van der Waals surface area contributed by atoms with E-state index in [0.29, 0.717) is 17.9 Å². The van der Waals surface area contributed by atoms with Crippen molar-refractivity contribution in [2.75, 3.05) is 6.54 Å². The molecule has 2 aliphatic rings. The van der Waals surface area contributed by atoms with Gasteiger partial charge in [-0.3, -0.25) is 0 Å². The lowest BCUT2D eigenvalue weighted by molar-refractivity contribution is 0.169. The minimum atomic E-state index is -0.0485. The summed E-state index contributed by atoms with van der Waals surface area (Å²) < 4.78 is 0. The third kappa shape index (κ3) is 2.24. The number of aliphatic hydroxyl groups excluding tert-OH is 1. The first-order chi connectivity index (χ1) is 8.22. The Hall–Kier alpha value is -0.860. The molecule has 4 atom stereocenters. The summed E-state index contributed by atoms with van der Waals surface area (Å²) in [6.45, 7) is 3.22. The van der Waals surface area contributed by atoms with Crippen LogP contribution in [0.1, 0.15) is 24.0 Å². The highest BCUT2D eigenvalue weighted by Crippen LogP contribution is 2.38. The molecule has 0 radical (unpaired) electrons. The van der Waals surface area contributed by atoms with Crippen molar-refractivity contribution in [3.05, 3.63) is 35.4 Å². The van der Waals surface area contributed by atoms with E-state index in [1.54, 1.807) is 0 Å². The first-order valence-electron chi connectivity index (χ1n) is 6.69. The van der Waals surface area contributed by atoms with Gasteiger partial charge in [0.1, 0.15) is 0 Å². The second-order valence-corrected chi connectivity index (χ2v) is 5.75. The summed E-state index contributed by atoms with van der Waals surface area (Å²) in [4.78, 5) is 0. The summed E-state index contributed by atoms with van der Waals surface area (Å²) >= 11 is 0. The van der Waals surface area contributed by atoms with E-state index >= 15 is 0 Å². The van der Waals surface area contributed by atoms with Crippen LogP contribution in [0.15, 0.2) is 24.3 Å². The van der Waals surface area contributed by atoms with E-state index < -0.39 is 0 Å². The largest absolute Gasteiger partial charge is 0.393 e. The van der Waals surface area contributed by atoms with Crippen LogP contribution in [-0.4, -0.2) is 23.8 Å². The summed E-state index contributed by atoms with van der Waals surface area (Å²) in [5, 5.41) is 13.4. The fourth-order valence-corrected chi connectivity index (χ4v) is 3.51. The molecule has 1 aromatic rings. The van der Waals surface area contributed by atoms with Gasteiger partial charge in [0.15, 0.2) is 0 Å². The minimum Gasteiger partial charge on any atom is -0.393 e. The Bertz CT molecular complexity index is 386. The summed E-state index contributed by atoms with van der Waals surface area (Å²) in [5.41, 5.74) is 2.73. The Morgan fingerprint density at radius 2 is 2.00 bits per heavy atom. The molecule has 92 valence electrons. The second kappa shape index (κ2) is 4.43. The molecule has 2 nitrogen and oxygen atoms in total. The fraction of sp³-hybridized carbons (Fsp3) is 0.600. The average molecular weight is 231 g/mol. The average Bonchev–Trinajstić information content (AvgIpc) is 2.83. The number of benzene rings is 1. The van der Waals surface area contributed by atoms with Crippen molar-refractivity contribution in [1.29, 1.82) is 0 Å². The van der Waals surface area contributed by atoms with Crippen molar-refractivity contribution < 1.29 is 5.11 Å². The van der Waals surface area contributed by atoms with Gasteiger partial charge in [-0.15, -0.1) is 0 Å². The first-order valence-corrected chi connectivity index (χ1v) is 6.69. The lowest BCUT2D eigenvalue weighted by atomic mass is 9.90. The van der Waals surface area contributed by atoms with Crippen LogP contribution in [0.3, 0.4) is 0 Å². The Labute approximate surface area is 103 Å². The van der Waals surface area contributed by atoms with Crippen LogP contribution >= 0.6 is 0 Å². The van der Waals surface area contributed by atoms with Crippen molar-refractivity contribution >= 4 is 0 Å². The highest BCUT2D eigenvalue weighted by Gasteiger charge is 2.42. The molecule has 0 aromatic heterocycles. The molecule has 0 amide bonds. The number of aryl methyl sites for hydroxylation is 1. The molecule has 0 spiro atoms. The standard InChI is InChI=1S/C15H21NO/c1-10-2-4-11(5-3-10)6-15-14-8-13(17)7-12(14)9-16-15/h2-5,12-17H,6-9H2,1H3. The predicted octanol–water partition coefficient (Wildman–Crippen LogP) is 1.90. The zero-order valence-corrected chi connectivity index (χ0v) is 10.4. The number of hydrogen-bond acceptors (Lipinski definition) is 2. The van der Waals surface area contributed by atoms with Crippen LogP contribution in [0.2, 0.25) is 0 Å². The quantitative estimate of drug-likeness (QED) is 0.815. The van der Waals surface area contributed by atoms with Crippen LogP contribution in [-0.2, 0) is 6.42 Å². The van der Waals surface area contributed by atoms with Gasteiger partial charge in [-0.25, -0.2) is 0 Å². The van der Waals surface area contributed by atoms with Crippen molar-refractivity contribution in [2.45, 2.75) is 38.3 Å². The van der Waals surface area contributed by atoms with Crippen molar-refractivity contribution in [1.82, 2.24) is 5.32 Å². The number of nitrogens with one attached hydrogen (secondary N) is 1. The van der Waals surface area contributed by atoms with E-state index in [2.05, 4.69) is 36.5 Å². The van der Waals surface area contributed by atoms with Gasteiger partial charge in [0, 0.05) is 6.04 Å². The zero-order chi connectivity index (χ0) is 11.8. The van der Waals surface area contributed by atoms with Gasteiger partial charge >= 0.3 is 0 Å². The molecular formula is C15H21NO. The monoisotopic (exact) mass is 231 g/mol. The third-order valence-electron chi connectivity index (χ3n) is 4.46. The maximum atomic E-state index is 9.73. The minimum absolute atomic E-state index is 0.0485. The molecule has 4 unspecified atom stereocenters. The molecule has 1 saturated heterocycles. The summed E-state index contributed by atoms with van der Waals surface area (Å²) in [5.74, 6) is 1.40. The molecule has 2 heteroatoms. The zero-order valence-electron chi connectivity index (χ0n) is 10.4. The lowest BCUT2D eigenvalue weighted by Crippen LogP contribution is -2.30. The summed E-state index contributed by atoms with van der Waals surface area (Å²) in [6.07, 6.45) is 3.05. The molecule has 1 aliphatic heterocycles. The molecule has 0 bridgehead atoms. The van der Waals surface area contributed by atoms with Gasteiger partial charge in [-0.2, -0.15) is 0 Å². The van der Waals surface area contributed by atoms with Gasteiger partial charge in [0.2, 0.25) is 0 Å². The smallest absolute Gasteiger partial charge is 0.0546 e. The Balaban J connectivity index is 1.68. The van der Waals surface area contributed by atoms with E-state index in [1.807, 2.05) is 0 Å². The maximum absolute atomic E-state index is 9.73. The number of fused-ring (bicyclic) bond motifs is 1. The molecule has 1 saturated carbocycles. The highest BCUT2D eigenvalue weighted by atomic mass is 16.3. The second-order valence-electron chi connectivity index (χ2n) is 5.75. The third-order valence-corrected chi connectivity index (χ3v) is 4.46. The van der Waals surface area contributed by atoms with Crippen LogP contribution in [0.25, 0.3) is 0 Å². The first kappa shape index (κ1) is 11.2. The van der Waals surface area contributed by atoms with Crippen LogP contribution < -0.4 is 5.32 Å². The van der Waals surface area contributed by atoms with Crippen molar-refractivity contribution in [3.63, 3.8) is 0 Å². The highest BCUT2D eigenvalue weighted by molar-refractivity contribution is 5.22. The van der Waals surface area contributed by atoms with E-state index in [0.717, 1.165) is 25.8 Å². The SMILES string of the molecule is Cc1ccc(CC2NCC3CC(O)CC32)cc1. The van der Waals surface area contributed by atoms with Gasteiger partial charge in [-0.1, -0.05) is 29.8 Å². The van der Waals surface area contributed by atoms with E-state index in [1.165, 1.54) is 11.1 Å².